The molecule has 96 valence electrons. The van der Waals surface area contributed by atoms with Gasteiger partial charge < -0.3 is 14.8 Å². The predicted molar refractivity (Wildman–Crippen MR) is 67.9 cm³/mol. The first-order chi connectivity index (χ1) is 8.34. The average molecular weight is 237 g/mol. The van der Waals surface area contributed by atoms with Gasteiger partial charge in [-0.3, -0.25) is 0 Å². The van der Waals surface area contributed by atoms with Crippen LogP contribution in [-0.2, 0) is 6.42 Å². The second kappa shape index (κ2) is 6.82. The maximum atomic E-state index is 9.88. The monoisotopic (exact) mass is 237 g/mol. The highest BCUT2D eigenvalue weighted by Crippen LogP contribution is 2.28. The smallest absolute Gasteiger partial charge is 0.105 e. The first kappa shape index (κ1) is 12.7. The first-order valence-electron chi connectivity index (χ1n) is 6.76. The Morgan fingerprint density at radius 2 is 2.24 bits per heavy atom. The molecule has 3 nitrogen and oxygen atoms in total. The molecule has 1 unspecified atom stereocenters. The van der Waals surface area contributed by atoms with E-state index in [9.17, 15) is 5.11 Å². The van der Waals surface area contributed by atoms with Crippen LogP contribution in [0.1, 0.15) is 37.9 Å². The van der Waals surface area contributed by atoms with Crippen LogP contribution in [0, 0.1) is 5.92 Å². The van der Waals surface area contributed by atoms with Gasteiger partial charge in [0.25, 0.3) is 0 Å². The molecule has 3 heteroatoms. The lowest BCUT2D eigenvalue weighted by Gasteiger charge is -2.15. The number of aliphatic hydroxyl groups is 1. The van der Waals surface area contributed by atoms with E-state index >= 15 is 0 Å². The Hall–Kier alpha value is -0.800. The van der Waals surface area contributed by atoms with Gasteiger partial charge in [0, 0.05) is 19.5 Å². The molecule has 0 bridgehead atoms. The fraction of sp³-hybridized carbons (Fsp3) is 0.714. The second-order valence-corrected chi connectivity index (χ2v) is 5.07. The van der Waals surface area contributed by atoms with Gasteiger partial charge in [-0.25, -0.2) is 0 Å². The normalized spacial score (nSPS) is 18.6. The first-order valence-corrected chi connectivity index (χ1v) is 6.76. The molecule has 17 heavy (non-hydrogen) atoms. The fourth-order valence-corrected chi connectivity index (χ4v) is 2.65. The minimum atomic E-state index is -0.185. The van der Waals surface area contributed by atoms with E-state index < -0.39 is 0 Å². The zero-order valence-corrected chi connectivity index (χ0v) is 10.4. The molecule has 1 fully saturated rings. The molecule has 0 radical (unpaired) electrons. The van der Waals surface area contributed by atoms with Gasteiger partial charge in [-0.1, -0.05) is 25.7 Å². The van der Waals surface area contributed by atoms with Crippen molar-refractivity contribution in [3.63, 3.8) is 0 Å². The molecular formula is C14H23NO2. The largest absolute Gasteiger partial charge is 0.469 e. The molecule has 1 aliphatic rings. The summed E-state index contributed by atoms with van der Waals surface area (Å²) in [5.41, 5.74) is 0. The SMILES string of the molecule is OC(CNCCc1ccco1)CC1CCCC1. The van der Waals surface area contributed by atoms with Crippen molar-refractivity contribution < 1.29 is 9.52 Å². The lowest BCUT2D eigenvalue weighted by molar-refractivity contribution is 0.141. The molecular weight excluding hydrogens is 214 g/mol. The minimum absolute atomic E-state index is 0.185. The number of furan rings is 1. The maximum absolute atomic E-state index is 9.88. The van der Waals surface area contributed by atoms with Crippen LogP contribution in [0.4, 0.5) is 0 Å². The van der Waals surface area contributed by atoms with E-state index in [1.807, 2.05) is 12.1 Å². The van der Waals surface area contributed by atoms with Crippen LogP contribution in [0.2, 0.25) is 0 Å². The topological polar surface area (TPSA) is 45.4 Å². The number of hydrogen-bond donors (Lipinski definition) is 2. The zero-order chi connectivity index (χ0) is 11.9. The fourth-order valence-electron chi connectivity index (χ4n) is 2.65. The van der Waals surface area contributed by atoms with E-state index in [0.29, 0.717) is 6.54 Å². The third-order valence-electron chi connectivity index (χ3n) is 3.59. The van der Waals surface area contributed by atoms with E-state index in [1.165, 1.54) is 25.7 Å². The van der Waals surface area contributed by atoms with Crippen molar-refractivity contribution in [2.75, 3.05) is 13.1 Å². The summed E-state index contributed by atoms with van der Waals surface area (Å²) in [6.07, 6.45) is 8.69. The molecule has 0 aliphatic heterocycles. The van der Waals surface area contributed by atoms with Crippen LogP contribution in [0.15, 0.2) is 22.8 Å². The number of rotatable bonds is 7. The Bertz CT molecular complexity index is 291. The summed E-state index contributed by atoms with van der Waals surface area (Å²) >= 11 is 0. The molecule has 1 aromatic rings. The summed E-state index contributed by atoms with van der Waals surface area (Å²) in [6, 6.07) is 3.89. The lowest BCUT2D eigenvalue weighted by Crippen LogP contribution is -2.29. The Kier molecular flexibility index (Phi) is 5.08. The van der Waals surface area contributed by atoms with Crippen molar-refractivity contribution in [1.82, 2.24) is 5.32 Å². The van der Waals surface area contributed by atoms with Crippen molar-refractivity contribution >= 4 is 0 Å². The maximum Gasteiger partial charge on any atom is 0.105 e. The highest BCUT2D eigenvalue weighted by molar-refractivity contribution is 4.98. The van der Waals surface area contributed by atoms with Gasteiger partial charge in [0.2, 0.25) is 0 Å². The van der Waals surface area contributed by atoms with E-state index in [4.69, 9.17) is 4.42 Å². The molecule has 2 rings (SSSR count). The average Bonchev–Trinajstić information content (AvgIpc) is 2.96. The third-order valence-corrected chi connectivity index (χ3v) is 3.59. The highest BCUT2D eigenvalue weighted by atomic mass is 16.3. The van der Waals surface area contributed by atoms with Gasteiger partial charge in [-0.05, 0) is 24.5 Å². The van der Waals surface area contributed by atoms with Crippen LogP contribution < -0.4 is 5.32 Å². The summed E-state index contributed by atoms with van der Waals surface area (Å²) in [4.78, 5) is 0. The van der Waals surface area contributed by atoms with Crippen molar-refractivity contribution in [2.24, 2.45) is 5.92 Å². The molecule has 1 aromatic heterocycles. The van der Waals surface area contributed by atoms with Crippen molar-refractivity contribution in [3.05, 3.63) is 24.2 Å². The Morgan fingerprint density at radius 3 is 2.94 bits per heavy atom. The van der Waals surface area contributed by atoms with Crippen LogP contribution in [0.25, 0.3) is 0 Å². The summed E-state index contributed by atoms with van der Waals surface area (Å²) in [5.74, 6) is 1.76. The van der Waals surface area contributed by atoms with Crippen LogP contribution in [0.5, 0.6) is 0 Å². The molecule has 2 N–H and O–H groups in total. The number of hydrogen-bond acceptors (Lipinski definition) is 3. The van der Waals surface area contributed by atoms with Gasteiger partial charge in [-0.15, -0.1) is 0 Å². The third kappa shape index (κ3) is 4.52. The molecule has 1 saturated carbocycles. The summed E-state index contributed by atoms with van der Waals surface area (Å²) < 4.78 is 5.25. The second-order valence-electron chi connectivity index (χ2n) is 5.07. The molecule has 1 heterocycles. The molecule has 1 aliphatic carbocycles. The van der Waals surface area contributed by atoms with Crippen LogP contribution in [-0.4, -0.2) is 24.3 Å². The standard InChI is InChI=1S/C14H23NO2/c16-13(10-12-4-1-2-5-12)11-15-8-7-14-6-3-9-17-14/h3,6,9,12-13,15-16H,1-2,4-5,7-8,10-11H2. The predicted octanol–water partition coefficient (Wildman–Crippen LogP) is 2.35. The van der Waals surface area contributed by atoms with Gasteiger partial charge >= 0.3 is 0 Å². The summed E-state index contributed by atoms with van der Waals surface area (Å²) in [5, 5.41) is 13.2. The zero-order valence-electron chi connectivity index (χ0n) is 10.4. The summed E-state index contributed by atoms with van der Waals surface area (Å²) in [7, 11) is 0. The quantitative estimate of drug-likeness (QED) is 0.716. The number of aliphatic hydroxyl groups excluding tert-OH is 1. The highest BCUT2D eigenvalue weighted by Gasteiger charge is 2.18. The minimum Gasteiger partial charge on any atom is -0.469 e. The molecule has 0 saturated heterocycles. The van der Waals surface area contributed by atoms with Gasteiger partial charge in [0.15, 0.2) is 0 Å². The number of nitrogens with one attached hydrogen (secondary N) is 1. The van der Waals surface area contributed by atoms with Gasteiger partial charge in [0.05, 0.1) is 12.4 Å². The van der Waals surface area contributed by atoms with Gasteiger partial charge in [-0.2, -0.15) is 0 Å². The Labute approximate surface area is 103 Å². The molecule has 0 spiro atoms. The van der Waals surface area contributed by atoms with Crippen molar-refractivity contribution in [2.45, 2.75) is 44.6 Å². The van der Waals surface area contributed by atoms with Crippen LogP contribution >= 0.6 is 0 Å². The molecule has 1 atom stereocenters. The Balaban J connectivity index is 1.52. The van der Waals surface area contributed by atoms with Crippen molar-refractivity contribution in [1.29, 1.82) is 0 Å². The van der Waals surface area contributed by atoms with Crippen molar-refractivity contribution in [3.8, 4) is 0 Å². The lowest BCUT2D eigenvalue weighted by atomic mass is 10.00. The summed E-state index contributed by atoms with van der Waals surface area (Å²) in [6.45, 7) is 1.58. The van der Waals surface area contributed by atoms with Crippen LogP contribution in [0.3, 0.4) is 0 Å². The van der Waals surface area contributed by atoms with E-state index in [2.05, 4.69) is 5.32 Å². The molecule has 0 amide bonds. The molecule has 0 aromatic carbocycles. The van der Waals surface area contributed by atoms with Gasteiger partial charge in [0.1, 0.15) is 5.76 Å². The Morgan fingerprint density at radius 1 is 1.41 bits per heavy atom. The van der Waals surface area contributed by atoms with E-state index in [-0.39, 0.29) is 6.10 Å². The van der Waals surface area contributed by atoms with E-state index in [1.54, 1.807) is 6.26 Å². The van der Waals surface area contributed by atoms with E-state index in [0.717, 1.165) is 31.1 Å².